The molecule has 1 atom stereocenters. The van der Waals surface area contributed by atoms with Gasteiger partial charge in [0.2, 0.25) is 0 Å². The summed E-state index contributed by atoms with van der Waals surface area (Å²) >= 11 is 1.48. The molecule has 0 saturated carbocycles. The van der Waals surface area contributed by atoms with Gasteiger partial charge in [-0.3, -0.25) is 4.90 Å². The third kappa shape index (κ3) is 5.42. The lowest BCUT2D eigenvalue weighted by atomic mass is 10.2. The molecule has 0 aliphatic carbocycles. The lowest BCUT2D eigenvalue weighted by Crippen LogP contribution is -2.30. The Morgan fingerprint density at radius 1 is 1.15 bits per heavy atom. The zero-order valence-electron chi connectivity index (χ0n) is 14.6. The summed E-state index contributed by atoms with van der Waals surface area (Å²) in [6, 6.07) is 16.5. The Labute approximate surface area is 157 Å². The van der Waals surface area contributed by atoms with E-state index in [0.717, 1.165) is 23.0 Å². The molecule has 2 aromatic carbocycles. The van der Waals surface area contributed by atoms with E-state index in [-0.39, 0.29) is 5.82 Å². The zero-order valence-corrected chi connectivity index (χ0v) is 15.4. The van der Waals surface area contributed by atoms with Gasteiger partial charge in [-0.2, -0.15) is 0 Å². The van der Waals surface area contributed by atoms with Gasteiger partial charge in [0.25, 0.3) is 0 Å². The summed E-state index contributed by atoms with van der Waals surface area (Å²) in [5.41, 5.74) is 2.95. The summed E-state index contributed by atoms with van der Waals surface area (Å²) in [7, 11) is 2.00. The van der Waals surface area contributed by atoms with Gasteiger partial charge in [0.1, 0.15) is 5.82 Å². The highest BCUT2D eigenvalue weighted by Gasteiger charge is 2.11. The highest BCUT2D eigenvalue weighted by Crippen LogP contribution is 2.22. The summed E-state index contributed by atoms with van der Waals surface area (Å²) < 4.78 is 13.0. The first-order chi connectivity index (χ1) is 12.6. The lowest BCUT2D eigenvalue weighted by molar-refractivity contribution is 0.142. The first-order valence-corrected chi connectivity index (χ1v) is 9.43. The van der Waals surface area contributed by atoms with Crippen molar-refractivity contribution in [2.45, 2.75) is 17.8 Å². The van der Waals surface area contributed by atoms with Crippen LogP contribution in [0.5, 0.6) is 0 Å². The summed E-state index contributed by atoms with van der Waals surface area (Å²) in [6.45, 7) is 1.39. The third-order valence-corrected chi connectivity index (χ3v) is 4.97. The fourth-order valence-electron chi connectivity index (χ4n) is 2.70. The van der Waals surface area contributed by atoms with Crippen LogP contribution in [0.3, 0.4) is 0 Å². The van der Waals surface area contributed by atoms with Gasteiger partial charge in [0, 0.05) is 18.8 Å². The molecule has 0 amide bonds. The molecule has 1 heterocycles. The second-order valence-corrected chi connectivity index (χ2v) is 7.26. The van der Waals surface area contributed by atoms with Gasteiger partial charge in [-0.1, -0.05) is 42.1 Å². The number of aromatic nitrogens is 2. The smallest absolute Gasteiger partial charge is 0.165 e. The number of nitrogens with one attached hydrogen (secondary N) is 1. The molecular formula is C20H22FN3OS. The summed E-state index contributed by atoms with van der Waals surface area (Å²) in [5, 5.41) is 11.0. The molecule has 0 aliphatic rings. The molecule has 26 heavy (non-hydrogen) atoms. The lowest BCUT2D eigenvalue weighted by Gasteiger charge is -2.20. The number of rotatable bonds is 8. The van der Waals surface area contributed by atoms with Crippen LogP contribution in [0.1, 0.15) is 5.56 Å². The second-order valence-electron chi connectivity index (χ2n) is 6.26. The maximum absolute atomic E-state index is 13.0. The van der Waals surface area contributed by atoms with Gasteiger partial charge in [0.15, 0.2) is 5.16 Å². The van der Waals surface area contributed by atoms with E-state index in [2.05, 4.69) is 27.0 Å². The Morgan fingerprint density at radius 2 is 1.88 bits per heavy atom. The predicted octanol–water partition coefficient (Wildman–Crippen LogP) is 3.80. The number of imidazole rings is 1. The number of hydrogen-bond donors (Lipinski definition) is 2. The van der Waals surface area contributed by atoms with E-state index >= 15 is 0 Å². The van der Waals surface area contributed by atoms with E-state index in [1.165, 1.54) is 29.5 Å². The van der Waals surface area contributed by atoms with Crippen LogP contribution in [0.4, 0.5) is 4.39 Å². The summed E-state index contributed by atoms with van der Waals surface area (Å²) in [6.07, 6.45) is 1.27. The Bertz CT molecular complexity index is 807. The average molecular weight is 371 g/mol. The Kier molecular flexibility index (Phi) is 6.44. The highest BCUT2D eigenvalue weighted by atomic mass is 32.2. The van der Waals surface area contributed by atoms with Gasteiger partial charge in [-0.25, -0.2) is 9.37 Å². The normalized spacial score (nSPS) is 12.5. The molecular weight excluding hydrogens is 349 g/mol. The number of H-pyrrole nitrogens is 1. The number of nitrogens with zero attached hydrogens (tertiary/aromatic N) is 2. The molecule has 0 bridgehead atoms. The van der Waals surface area contributed by atoms with Gasteiger partial charge in [-0.15, -0.1) is 0 Å². The number of likely N-dealkylation sites (N-methyl/N-ethyl adjacent to an activating group) is 1. The maximum atomic E-state index is 13.0. The van der Waals surface area contributed by atoms with E-state index in [9.17, 15) is 9.50 Å². The van der Waals surface area contributed by atoms with E-state index in [4.69, 9.17) is 0 Å². The van der Waals surface area contributed by atoms with E-state index < -0.39 is 6.10 Å². The number of halogens is 1. The van der Waals surface area contributed by atoms with E-state index in [1.807, 2.05) is 25.2 Å². The van der Waals surface area contributed by atoms with Crippen LogP contribution < -0.4 is 0 Å². The fraction of sp³-hybridized carbons (Fsp3) is 0.250. The van der Waals surface area contributed by atoms with Gasteiger partial charge >= 0.3 is 0 Å². The molecule has 1 unspecified atom stereocenters. The van der Waals surface area contributed by atoms with Gasteiger partial charge in [-0.05, 0) is 42.4 Å². The monoisotopic (exact) mass is 371 g/mol. The van der Waals surface area contributed by atoms with Crippen molar-refractivity contribution < 1.29 is 9.50 Å². The third-order valence-electron chi connectivity index (χ3n) is 3.94. The summed E-state index contributed by atoms with van der Waals surface area (Å²) in [5.74, 6) is 0.292. The first-order valence-electron chi connectivity index (χ1n) is 8.44. The quantitative estimate of drug-likeness (QED) is 0.592. The molecule has 0 fully saturated rings. The van der Waals surface area contributed by atoms with Crippen LogP contribution >= 0.6 is 11.8 Å². The van der Waals surface area contributed by atoms with Crippen LogP contribution in [-0.4, -0.2) is 45.4 Å². The van der Waals surface area contributed by atoms with Crippen molar-refractivity contribution in [3.05, 3.63) is 72.2 Å². The first kappa shape index (κ1) is 18.6. The van der Waals surface area contributed by atoms with Crippen molar-refractivity contribution in [1.29, 1.82) is 0 Å². The SMILES string of the molecule is CN(Cc1ccccc1)CC(O)CSc1ncc(-c2ccc(F)cc2)[nH]1. The summed E-state index contributed by atoms with van der Waals surface area (Å²) in [4.78, 5) is 9.63. The number of aliphatic hydroxyl groups is 1. The Hall–Kier alpha value is -2.15. The molecule has 4 nitrogen and oxygen atoms in total. The van der Waals surface area contributed by atoms with Gasteiger partial charge in [0.05, 0.1) is 18.0 Å². The number of aliphatic hydroxyl groups excluding tert-OH is 1. The Morgan fingerprint density at radius 3 is 2.62 bits per heavy atom. The molecule has 3 aromatic rings. The van der Waals surface area contributed by atoms with Crippen molar-refractivity contribution in [1.82, 2.24) is 14.9 Å². The van der Waals surface area contributed by atoms with Crippen LogP contribution in [0.25, 0.3) is 11.3 Å². The van der Waals surface area contributed by atoms with E-state index in [0.29, 0.717) is 12.3 Å². The Balaban J connectivity index is 1.47. The van der Waals surface area contributed by atoms with Crippen molar-refractivity contribution >= 4 is 11.8 Å². The molecule has 0 spiro atoms. The van der Waals surface area contributed by atoms with Crippen molar-refractivity contribution in [2.24, 2.45) is 0 Å². The fourth-order valence-corrected chi connectivity index (χ4v) is 3.46. The van der Waals surface area contributed by atoms with Crippen molar-refractivity contribution in [3.63, 3.8) is 0 Å². The predicted molar refractivity (Wildman–Crippen MR) is 103 cm³/mol. The largest absolute Gasteiger partial charge is 0.391 e. The zero-order chi connectivity index (χ0) is 18.4. The number of benzene rings is 2. The molecule has 1 aromatic heterocycles. The van der Waals surface area contributed by atoms with E-state index in [1.54, 1.807) is 18.3 Å². The molecule has 3 rings (SSSR count). The number of aromatic amines is 1. The standard InChI is InChI=1S/C20H22FN3OS/c1-24(12-15-5-3-2-4-6-15)13-18(25)14-26-20-22-11-19(23-20)16-7-9-17(21)10-8-16/h2-11,18,25H,12-14H2,1H3,(H,22,23). The molecule has 6 heteroatoms. The topological polar surface area (TPSA) is 52.1 Å². The highest BCUT2D eigenvalue weighted by molar-refractivity contribution is 7.99. The second kappa shape index (κ2) is 8.98. The van der Waals surface area contributed by atoms with Crippen molar-refractivity contribution in [3.8, 4) is 11.3 Å². The molecule has 0 aliphatic heterocycles. The molecule has 136 valence electrons. The van der Waals surface area contributed by atoms with Crippen LogP contribution in [0, 0.1) is 5.82 Å². The van der Waals surface area contributed by atoms with Crippen molar-refractivity contribution in [2.75, 3.05) is 19.3 Å². The van der Waals surface area contributed by atoms with Crippen LogP contribution in [-0.2, 0) is 6.54 Å². The molecule has 2 N–H and O–H groups in total. The average Bonchev–Trinajstić information content (AvgIpc) is 3.10. The van der Waals surface area contributed by atoms with Crippen LogP contribution in [0.15, 0.2) is 66.0 Å². The minimum absolute atomic E-state index is 0.259. The maximum Gasteiger partial charge on any atom is 0.165 e. The van der Waals surface area contributed by atoms with Crippen LogP contribution in [0.2, 0.25) is 0 Å². The van der Waals surface area contributed by atoms with Gasteiger partial charge < -0.3 is 10.1 Å². The molecule has 0 saturated heterocycles. The molecule has 0 radical (unpaired) electrons. The number of hydrogen-bond acceptors (Lipinski definition) is 4. The number of thioether (sulfide) groups is 1. The minimum atomic E-state index is -0.451. The minimum Gasteiger partial charge on any atom is -0.391 e.